The van der Waals surface area contributed by atoms with Crippen molar-refractivity contribution in [2.24, 2.45) is 0 Å². The van der Waals surface area contributed by atoms with Gasteiger partial charge in [-0.2, -0.15) is 8.78 Å². The van der Waals surface area contributed by atoms with Gasteiger partial charge in [0, 0.05) is 0 Å². The summed E-state index contributed by atoms with van der Waals surface area (Å²) in [5.41, 5.74) is 0. The van der Waals surface area contributed by atoms with Gasteiger partial charge in [-0.25, -0.2) is 8.78 Å². The molecule has 0 aliphatic carbocycles. The van der Waals surface area contributed by atoms with Crippen molar-refractivity contribution < 1.29 is 31.8 Å². The molecule has 0 radical (unpaired) electrons. The molecular weight excluding hydrogens is 232 g/mol. The maximum atomic E-state index is 12.4. The maximum Gasteiger partial charge on any atom is 0.330 e. The summed E-state index contributed by atoms with van der Waals surface area (Å²) >= 11 is 0. The fourth-order valence-corrected chi connectivity index (χ4v) is 0.933. The molecule has 92 valence electrons. The van der Waals surface area contributed by atoms with Crippen LogP contribution in [0.4, 0.5) is 17.6 Å². The molecule has 1 heterocycles. The van der Waals surface area contributed by atoms with E-state index in [9.17, 15) is 22.7 Å². The van der Waals surface area contributed by atoms with Crippen LogP contribution in [0.1, 0.15) is 11.9 Å². The molecule has 1 N–H and O–H groups in total. The number of aliphatic hydroxyl groups excluding tert-OH is 1. The van der Waals surface area contributed by atoms with E-state index in [2.05, 4.69) is 4.74 Å². The van der Waals surface area contributed by atoms with Gasteiger partial charge in [-0.1, -0.05) is 0 Å². The first kappa shape index (κ1) is 13.0. The summed E-state index contributed by atoms with van der Waals surface area (Å²) in [5, 5.41) is 9.29. The third-order valence-corrected chi connectivity index (χ3v) is 1.76. The summed E-state index contributed by atoms with van der Waals surface area (Å²) < 4.78 is 57.2. The predicted molar refractivity (Wildman–Crippen MR) is 45.4 cm³/mol. The Bertz CT molecular complexity index is 300. The summed E-state index contributed by atoms with van der Waals surface area (Å²) in [6.45, 7) is -1.97. The normalized spacial score (nSPS) is 14.4. The molecule has 3 nitrogen and oxygen atoms in total. The van der Waals surface area contributed by atoms with Crippen LogP contribution < -0.4 is 0 Å². The van der Waals surface area contributed by atoms with E-state index in [1.165, 1.54) is 18.4 Å². The molecule has 16 heavy (non-hydrogen) atoms. The van der Waals surface area contributed by atoms with Gasteiger partial charge in [-0.15, -0.1) is 0 Å². The molecule has 0 bridgehead atoms. The van der Waals surface area contributed by atoms with Crippen LogP contribution in [-0.2, 0) is 4.74 Å². The Hall–Kier alpha value is -1.08. The number of hydrogen-bond acceptors (Lipinski definition) is 3. The fourth-order valence-electron chi connectivity index (χ4n) is 0.933. The number of alkyl halides is 4. The molecule has 1 aromatic rings. The highest BCUT2D eigenvalue weighted by Gasteiger charge is 2.41. The molecule has 0 aliphatic rings. The SMILES string of the molecule is OC(COCC(F)(F)C(F)F)c1ccco1. The van der Waals surface area contributed by atoms with Gasteiger partial charge in [0.15, 0.2) is 0 Å². The van der Waals surface area contributed by atoms with Gasteiger partial charge in [0.2, 0.25) is 0 Å². The standard InChI is InChI=1S/C9H10F4O3/c10-8(11)9(12,13)5-15-4-6(14)7-2-1-3-16-7/h1-3,6,8,14H,4-5H2. The van der Waals surface area contributed by atoms with Crippen molar-refractivity contribution in [1.82, 2.24) is 0 Å². The van der Waals surface area contributed by atoms with Crippen LogP contribution in [-0.4, -0.2) is 30.7 Å². The van der Waals surface area contributed by atoms with Crippen LogP contribution in [0.5, 0.6) is 0 Å². The third-order valence-electron chi connectivity index (χ3n) is 1.76. The van der Waals surface area contributed by atoms with Gasteiger partial charge in [0.1, 0.15) is 18.5 Å². The average Bonchev–Trinajstić information content (AvgIpc) is 2.69. The lowest BCUT2D eigenvalue weighted by atomic mass is 10.3. The Morgan fingerprint density at radius 2 is 2.12 bits per heavy atom. The maximum absolute atomic E-state index is 12.4. The van der Waals surface area contributed by atoms with E-state index >= 15 is 0 Å². The smallest absolute Gasteiger partial charge is 0.330 e. The summed E-state index contributed by atoms with van der Waals surface area (Å²) in [4.78, 5) is 0. The molecule has 0 aliphatic heterocycles. The van der Waals surface area contributed by atoms with Crippen molar-refractivity contribution in [2.45, 2.75) is 18.5 Å². The zero-order valence-electron chi connectivity index (χ0n) is 8.08. The molecule has 0 saturated heterocycles. The number of halogens is 4. The first-order valence-corrected chi connectivity index (χ1v) is 4.38. The van der Waals surface area contributed by atoms with Gasteiger partial charge < -0.3 is 14.3 Å². The highest BCUT2D eigenvalue weighted by molar-refractivity contribution is 5.01. The van der Waals surface area contributed by atoms with Gasteiger partial charge >= 0.3 is 12.3 Å². The first-order valence-electron chi connectivity index (χ1n) is 4.38. The first-order chi connectivity index (χ1) is 7.43. The zero-order valence-corrected chi connectivity index (χ0v) is 8.08. The van der Waals surface area contributed by atoms with E-state index in [-0.39, 0.29) is 5.76 Å². The van der Waals surface area contributed by atoms with Crippen molar-refractivity contribution >= 4 is 0 Å². The molecular formula is C9H10F4O3. The lowest BCUT2D eigenvalue weighted by molar-refractivity contribution is -0.171. The largest absolute Gasteiger partial charge is 0.467 e. The Morgan fingerprint density at radius 1 is 1.44 bits per heavy atom. The van der Waals surface area contributed by atoms with Gasteiger partial charge in [0.25, 0.3) is 0 Å². The van der Waals surface area contributed by atoms with E-state index in [0.29, 0.717) is 0 Å². The quantitative estimate of drug-likeness (QED) is 0.778. The monoisotopic (exact) mass is 242 g/mol. The van der Waals surface area contributed by atoms with Crippen LogP contribution in [0.2, 0.25) is 0 Å². The van der Waals surface area contributed by atoms with Crippen molar-refractivity contribution in [3.8, 4) is 0 Å². The van der Waals surface area contributed by atoms with Crippen molar-refractivity contribution in [3.63, 3.8) is 0 Å². The molecule has 1 atom stereocenters. The minimum Gasteiger partial charge on any atom is -0.467 e. The van der Waals surface area contributed by atoms with Gasteiger partial charge in [-0.05, 0) is 12.1 Å². The molecule has 0 amide bonds. The minimum atomic E-state index is -4.21. The summed E-state index contributed by atoms with van der Waals surface area (Å²) in [5.74, 6) is -4.08. The third kappa shape index (κ3) is 3.49. The van der Waals surface area contributed by atoms with Gasteiger partial charge in [0.05, 0.1) is 12.9 Å². The van der Waals surface area contributed by atoms with Crippen LogP contribution in [0.3, 0.4) is 0 Å². The number of ether oxygens (including phenoxy) is 1. The Labute approximate surface area is 88.6 Å². The number of furan rings is 1. The second-order valence-electron chi connectivity index (χ2n) is 3.11. The molecule has 0 spiro atoms. The molecule has 1 rings (SSSR count). The Morgan fingerprint density at radius 3 is 2.62 bits per heavy atom. The fraction of sp³-hybridized carbons (Fsp3) is 0.556. The second-order valence-corrected chi connectivity index (χ2v) is 3.11. The second kappa shape index (κ2) is 5.31. The number of aliphatic hydroxyl groups is 1. The Kier molecular flexibility index (Phi) is 4.31. The van der Waals surface area contributed by atoms with Crippen LogP contribution in [0, 0.1) is 0 Å². The van der Waals surface area contributed by atoms with Crippen LogP contribution >= 0.6 is 0 Å². The van der Waals surface area contributed by atoms with Crippen molar-refractivity contribution in [1.29, 1.82) is 0 Å². The van der Waals surface area contributed by atoms with E-state index in [1.54, 1.807) is 0 Å². The number of hydrogen-bond donors (Lipinski definition) is 1. The highest BCUT2D eigenvalue weighted by Crippen LogP contribution is 2.23. The minimum absolute atomic E-state index is 0.125. The lowest BCUT2D eigenvalue weighted by Gasteiger charge is -2.16. The predicted octanol–water partition coefficient (Wildman–Crippen LogP) is 2.23. The summed E-state index contributed by atoms with van der Waals surface area (Å²) in [7, 11) is 0. The summed E-state index contributed by atoms with van der Waals surface area (Å²) in [6.07, 6.45) is -3.75. The van der Waals surface area contributed by atoms with E-state index in [4.69, 9.17) is 4.42 Å². The topological polar surface area (TPSA) is 42.6 Å². The van der Waals surface area contributed by atoms with Crippen LogP contribution in [0.25, 0.3) is 0 Å². The molecule has 0 fully saturated rings. The molecule has 1 aromatic heterocycles. The molecule has 0 saturated carbocycles. The van der Waals surface area contributed by atoms with E-state index in [1.807, 2.05) is 0 Å². The number of rotatable bonds is 6. The van der Waals surface area contributed by atoms with Crippen molar-refractivity contribution in [3.05, 3.63) is 24.2 Å². The average molecular weight is 242 g/mol. The Balaban J connectivity index is 2.31. The lowest BCUT2D eigenvalue weighted by Crippen LogP contribution is -2.33. The van der Waals surface area contributed by atoms with E-state index < -0.39 is 31.7 Å². The van der Waals surface area contributed by atoms with Crippen molar-refractivity contribution in [2.75, 3.05) is 13.2 Å². The highest BCUT2D eigenvalue weighted by atomic mass is 19.3. The van der Waals surface area contributed by atoms with Crippen LogP contribution in [0.15, 0.2) is 22.8 Å². The zero-order chi connectivity index (χ0) is 12.2. The molecule has 0 aromatic carbocycles. The van der Waals surface area contributed by atoms with E-state index in [0.717, 1.165) is 0 Å². The van der Waals surface area contributed by atoms with Gasteiger partial charge in [-0.3, -0.25) is 0 Å². The molecule has 1 unspecified atom stereocenters. The summed E-state index contributed by atoms with van der Waals surface area (Å²) in [6, 6.07) is 2.91. The molecule has 7 heteroatoms.